The molecule has 0 saturated heterocycles. The number of nitrogens with one attached hydrogen (secondary N) is 1. The number of hydrogen-bond donors (Lipinski definition) is 1. The van der Waals surface area contributed by atoms with E-state index in [0.29, 0.717) is 16.8 Å². The number of aryl methyl sites for hydroxylation is 1. The van der Waals surface area contributed by atoms with E-state index in [9.17, 15) is 9.59 Å². The SMILES string of the molecule is CN(C)CCNC(=O)c1cc2c(=O)n(C)c3ccccc3c2s1. The molecule has 6 heteroatoms. The molecule has 1 amide bonds. The van der Waals surface area contributed by atoms with E-state index < -0.39 is 0 Å². The first-order chi connectivity index (χ1) is 11.0. The fourth-order valence-corrected chi connectivity index (χ4v) is 3.69. The summed E-state index contributed by atoms with van der Waals surface area (Å²) in [5, 5.41) is 4.50. The summed E-state index contributed by atoms with van der Waals surface area (Å²) in [5.41, 5.74) is 0.814. The molecule has 0 bridgehead atoms. The summed E-state index contributed by atoms with van der Waals surface area (Å²) < 4.78 is 2.51. The molecular weight excluding hydrogens is 310 g/mol. The lowest BCUT2D eigenvalue weighted by Gasteiger charge is -2.09. The maximum Gasteiger partial charge on any atom is 0.261 e. The van der Waals surface area contributed by atoms with E-state index in [1.54, 1.807) is 17.7 Å². The smallest absolute Gasteiger partial charge is 0.261 e. The van der Waals surface area contributed by atoms with Crippen LogP contribution >= 0.6 is 11.3 Å². The molecule has 0 saturated carbocycles. The lowest BCUT2D eigenvalue weighted by atomic mass is 10.2. The normalized spacial score (nSPS) is 11.5. The number of likely N-dealkylation sites (N-methyl/N-ethyl adjacent to an activating group) is 1. The van der Waals surface area contributed by atoms with Gasteiger partial charge in [-0.3, -0.25) is 9.59 Å². The van der Waals surface area contributed by atoms with Crippen molar-refractivity contribution in [2.24, 2.45) is 7.05 Å². The van der Waals surface area contributed by atoms with E-state index in [-0.39, 0.29) is 11.5 Å². The van der Waals surface area contributed by atoms with Crippen molar-refractivity contribution in [3.8, 4) is 0 Å². The van der Waals surface area contributed by atoms with E-state index in [0.717, 1.165) is 22.1 Å². The Balaban J connectivity index is 2.05. The quantitative estimate of drug-likeness (QED) is 0.797. The van der Waals surface area contributed by atoms with Crippen LogP contribution in [0.2, 0.25) is 0 Å². The Bertz CT molecular complexity index is 940. The van der Waals surface area contributed by atoms with Crippen molar-refractivity contribution < 1.29 is 4.79 Å². The summed E-state index contributed by atoms with van der Waals surface area (Å²) in [7, 11) is 5.68. The Morgan fingerprint density at radius 1 is 1.26 bits per heavy atom. The fourth-order valence-electron chi connectivity index (χ4n) is 2.59. The van der Waals surface area contributed by atoms with E-state index in [1.165, 1.54) is 11.3 Å². The van der Waals surface area contributed by atoms with Crippen molar-refractivity contribution >= 4 is 38.2 Å². The predicted molar refractivity (Wildman–Crippen MR) is 95.5 cm³/mol. The van der Waals surface area contributed by atoms with Gasteiger partial charge in [-0.15, -0.1) is 11.3 Å². The third-order valence-electron chi connectivity index (χ3n) is 3.85. The third kappa shape index (κ3) is 2.87. The fraction of sp³-hybridized carbons (Fsp3) is 0.294. The van der Waals surface area contributed by atoms with Gasteiger partial charge in [0, 0.05) is 30.2 Å². The number of hydrogen-bond acceptors (Lipinski definition) is 4. The van der Waals surface area contributed by atoms with Gasteiger partial charge < -0.3 is 14.8 Å². The Morgan fingerprint density at radius 2 is 2.00 bits per heavy atom. The largest absolute Gasteiger partial charge is 0.350 e. The predicted octanol–water partition coefficient (Wildman–Crippen LogP) is 2.04. The Hall–Kier alpha value is -2.18. The highest BCUT2D eigenvalue weighted by molar-refractivity contribution is 7.21. The van der Waals surface area contributed by atoms with Crippen LogP contribution in [0, 0.1) is 0 Å². The van der Waals surface area contributed by atoms with Gasteiger partial charge in [-0.05, 0) is 26.2 Å². The molecule has 2 aromatic heterocycles. The number of pyridine rings is 1. The first kappa shape index (κ1) is 15.7. The van der Waals surface area contributed by atoms with Gasteiger partial charge in [0.1, 0.15) is 0 Å². The van der Waals surface area contributed by atoms with Crippen LogP contribution in [0.3, 0.4) is 0 Å². The van der Waals surface area contributed by atoms with Gasteiger partial charge in [0.05, 0.1) is 15.8 Å². The lowest BCUT2D eigenvalue weighted by Crippen LogP contribution is -2.30. The van der Waals surface area contributed by atoms with Gasteiger partial charge in [-0.2, -0.15) is 0 Å². The number of amides is 1. The standard InChI is InChI=1S/C17H19N3O2S/c1-19(2)9-8-18-16(21)14-10-12-15(23-14)11-6-4-5-7-13(11)20(3)17(12)22/h4-7,10H,8-9H2,1-3H3,(H,18,21). The first-order valence-corrected chi connectivity index (χ1v) is 8.25. The maximum absolute atomic E-state index is 12.5. The average Bonchev–Trinajstić information content (AvgIpc) is 2.98. The number of nitrogens with zero attached hydrogens (tertiary/aromatic N) is 2. The molecular formula is C17H19N3O2S. The zero-order valence-corrected chi connectivity index (χ0v) is 14.2. The van der Waals surface area contributed by atoms with Gasteiger partial charge >= 0.3 is 0 Å². The van der Waals surface area contributed by atoms with Gasteiger partial charge in [-0.25, -0.2) is 0 Å². The van der Waals surface area contributed by atoms with Crippen LogP contribution in [-0.2, 0) is 7.05 Å². The second kappa shape index (κ2) is 6.14. The molecule has 0 radical (unpaired) electrons. The zero-order valence-electron chi connectivity index (χ0n) is 13.4. The van der Waals surface area contributed by atoms with Gasteiger partial charge in [0.15, 0.2) is 0 Å². The molecule has 3 rings (SSSR count). The van der Waals surface area contributed by atoms with E-state index >= 15 is 0 Å². The molecule has 3 aromatic rings. The highest BCUT2D eigenvalue weighted by Gasteiger charge is 2.15. The molecule has 0 unspecified atom stereocenters. The van der Waals surface area contributed by atoms with Crippen molar-refractivity contribution in [1.29, 1.82) is 0 Å². The molecule has 5 nitrogen and oxygen atoms in total. The van der Waals surface area contributed by atoms with Gasteiger partial charge in [0.2, 0.25) is 0 Å². The van der Waals surface area contributed by atoms with E-state index in [1.807, 2.05) is 43.3 Å². The summed E-state index contributed by atoms with van der Waals surface area (Å²) in [6, 6.07) is 9.48. The molecule has 1 aromatic carbocycles. The van der Waals surface area contributed by atoms with E-state index in [2.05, 4.69) is 5.32 Å². The molecule has 2 heterocycles. The van der Waals surface area contributed by atoms with Crippen LogP contribution in [0.4, 0.5) is 0 Å². The van der Waals surface area contributed by atoms with Crippen molar-refractivity contribution in [1.82, 2.24) is 14.8 Å². The van der Waals surface area contributed by atoms with Gasteiger partial charge in [0.25, 0.3) is 11.5 Å². The number of aromatic nitrogens is 1. The zero-order chi connectivity index (χ0) is 16.6. The van der Waals surface area contributed by atoms with Crippen LogP contribution in [0.15, 0.2) is 35.1 Å². The number of fused-ring (bicyclic) bond motifs is 3. The van der Waals surface area contributed by atoms with Gasteiger partial charge in [-0.1, -0.05) is 18.2 Å². The molecule has 23 heavy (non-hydrogen) atoms. The molecule has 0 fully saturated rings. The number of carbonyl (C=O) groups excluding carboxylic acids is 1. The maximum atomic E-state index is 12.5. The second-order valence-corrected chi connectivity index (χ2v) is 6.85. The van der Waals surface area contributed by atoms with Crippen molar-refractivity contribution in [2.75, 3.05) is 27.2 Å². The number of para-hydroxylation sites is 1. The molecule has 0 aliphatic heterocycles. The number of rotatable bonds is 4. The number of benzene rings is 1. The number of carbonyl (C=O) groups is 1. The molecule has 0 atom stereocenters. The Labute approximate surface area is 138 Å². The Morgan fingerprint density at radius 3 is 2.74 bits per heavy atom. The van der Waals surface area contributed by atoms with Crippen LogP contribution < -0.4 is 10.9 Å². The average molecular weight is 329 g/mol. The summed E-state index contributed by atoms with van der Waals surface area (Å²) in [6.45, 7) is 1.36. The number of thiophene rings is 1. The van der Waals surface area contributed by atoms with Crippen LogP contribution in [0.5, 0.6) is 0 Å². The lowest BCUT2D eigenvalue weighted by molar-refractivity contribution is 0.0955. The minimum atomic E-state index is -0.126. The molecule has 0 spiro atoms. The highest BCUT2D eigenvalue weighted by atomic mass is 32.1. The summed E-state index contributed by atoms with van der Waals surface area (Å²) in [5.74, 6) is -0.126. The highest BCUT2D eigenvalue weighted by Crippen LogP contribution is 2.30. The molecule has 1 N–H and O–H groups in total. The summed E-state index contributed by atoms with van der Waals surface area (Å²) in [6.07, 6.45) is 0. The monoisotopic (exact) mass is 329 g/mol. The summed E-state index contributed by atoms with van der Waals surface area (Å²) >= 11 is 1.38. The van der Waals surface area contributed by atoms with Crippen molar-refractivity contribution in [3.63, 3.8) is 0 Å². The van der Waals surface area contributed by atoms with Crippen LogP contribution in [-0.4, -0.2) is 42.6 Å². The topological polar surface area (TPSA) is 54.3 Å². The molecule has 0 aliphatic carbocycles. The summed E-state index contributed by atoms with van der Waals surface area (Å²) in [4.78, 5) is 27.4. The van der Waals surface area contributed by atoms with Crippen molar-refractivity contribution in [2.45, 2.75) is 0 Å². The third-order valence-corrected chi connectivity index (χ3v) is 5.01. The minimum Gasteiger partial charge on any atom is -0.350 e. The molecule has 120 valence electrons. The van der Waals surface area contributed by atoms with Crippen molar-refractivity contribution in [3.05, 3.63) is 45.6 Å². The second-order valence-electron chi connectivity index (χ2n) is 5.79. The molecule has 0 aliphatic rings. The minimum absolute atomic E-state index is 0.0673. The van der Waals surface area contributed by atoms with Crippen LogP contribution in [0.25, 0.3) is 21.0 Å². The Kier molecular flexibility index (Phi) is 4.19. The van der Waals surface area contributed by atoms with E-state index in [4.69, 9.17) is 0 Å². The van der Waals surface area contributed by atoms with Crippen LogP contribution in [0.1, 0.15) is 9.67 Å². The first-order valence-electron chi connectivity index (χ1n) is 7.43.